The van der Waals surface area contributed by atoms with Gasteiger partial charge in [-0.25, -0.2) is 9.97 Å². The van der Waals surface area contributed by atoms with Gasteiger partial charge in [-0.1, -0.05) is 52.7 Å². The fraction of sp³-hybridized carbons (Fsp3) is 0.458. The minimum atomic E-state index is -0.234. The van der Waals surface area contributed by atoms with Gasteiger partial charge in [-0.3, -0.25) is 9.20 Å². The molecule has 0 spiro atoms. The predicted octanol–water partition coefficient (Wildman–Crippen LogP) is 5.64. The van der Waals surface area contributed by atoms with Crippen molar-refractivity contribution < 1.29 is 9.53 Å². The van der Waals surface area contributed by atoms with Crippen molar-refractivity contribution in [3.05, 3.63) is 36.3 Å². The van der Waals surface area contributed by atoms with Crippen LogP contribution in [0.25, 0.3) is 27.7 Å². The van der Waals surface area contributed by atoms with Gasteiger partial charge in [0.05, 0.1) is 17.0 Å². The van der Waals surface area contributed by atoms with Crippen molar-refractivity contribution in [3.63, 3.8) is 0 Å². The zero-order valence-corrected chi connectivity index (χ0v) is 18.1. The summed E-state index contributed by atoms with van der Waals surface area (Å²) in [6.07, 6.45) is 6.68. The standard InChI is InChI=1S/C24H28N4O2/c1-14(2)21-26-22-20(23-25-17-11-7-8-12-18(17)28(21)23)19(30-24(29)15(3)4)13-27(22)16-9-5-6-10-16/h7-8,11-16H,5-6,9-10H2,1-4H3. The van der Waals surface area contributed by atoms with E-state index in [0.29, 0.717) is 11.8 Å². The molecule has 5 rings (SSSR count). The first-order valence-electron chi connectivity index (χ1n) is 11.0. The Bertz CT molecular complexity index is 1260. The van der Waals surface area contributed by atoms with Gasteiger partial charge in [0.1, 0.15) is 16.9 Å². The van der Waals surface area contributed by atoms with E-state index in [1.54, 1.807) is 0 Å². The molecule has 0 N–H and O–H groups in total. The minimum Gasteiger partial charge on any atom is -0.424 e. The van der Waals surface area contributed by atoms with E-state index in [9.17, 15) is 4.79 Å². The summed E-state index contributed by atoms with van der Waals surface area (Å²) >= 11 is 0. The molecule has 30 heavy (non-hydrogen) atoms. The number of nitrogens with zero attached hydrogens (tertiary/aromatic N) is 4. The van der Waals surface area contributed by atoms with Gasteiger partial charge in [-0.2, -0.15) is 0 Å². The average Bonchev–Trinajstić information content (AvgIpc) is 3.44. The Morgan fingerprint density at radius 1 is 1.07 bits per heavy atom. The molecule has 1 aliphatic rings. The molecule has 0 amide bonds. The summed E-state index contributed by atoms with van der Waals surface area (Å²) in [5, 5.41) is 0.830. The van der Waals surface area contributed by atoms with Gasteiger partial charge in [-0.15, -0.1) is 0 Å². The van der Waals surface area contributed by atoms with Gasteiger partial charge in [0.15, 0.2) is 11.4 Å². The molecule has 0 bridgehead atoms. The molecular weight excluding hydrogens is 376 g/mol. The van der Waals surface area contributed by atoms with Crippen LogP contribution < -0.4 is 4.74 Å². The van der Waals surface area contributed by atoms with Gasteiger partial charge >= 0.3 is 5.97 Å². The maximum Gasteiger partial charge on any atom is 0.313 e. The second-order valence-electron chi connectivity index (χ2n) is 9.00. The number of hydrogen-bond acceptors (Lipinski definition) is 4. The highest BCUT2D eigenvalue weighted by molar-refractivity contribution is 6.01. The zero-order valence-electron chi connectivity index (χ0n) is 18.1. The third-order valence-electron chi connectivity index (χ3n) is 6.12. The molecule has 4 aromatic rings. The van der Waals surface area contributed by atoms with E-state index in [0.717, 1.165) is 46.4 Å². The number of carbonyl (C=O) groups excluding carboxylic acids is 1. The Morgan fingerprint density at radius 3 is 2.50 bits per heavy atom. The number of fused-ring (bicyclic) bond motifs is 5. The highest BCUT2D eigenvalue weighted by Gasteiger charge is 2.27. The molecule has 0 unspecified atom stereocenters. The number of hydrogen-bond donors (Lipinski definition) is 0. The first kappa shape index (κ1) is 19.1. The van der Waals surface area contributed by atoms with Gasteiger partial charge in [0.25, 0.3) is 0 Å². The number of esters is 1. The highest BCUT2D eigenvalue weighted by atomic mass is 16.5. The lowest BCUT2D eigenvalue weighted by atomic mass is 10.2. The molecule has 156 valence electrons. The van der Waals surface area contributed by atoms with Crippen LogP contribution in [-0.2, 0) is 4.79 Å². The lowest BCUT2D eigenvalue weighted by Crippen LogP contribution is -2.14. The molecular formula is C24H28N4O2. The van der Waals surface area contributed by atoms with Gasteiger partial charge in [0, 0.05) is 18.2 Å². The second kappa shape index (κ2) is 7.11. The summed E-state index contributed by atoms with van der Waals surface area (Å²) in [4.78, 5) is 22.6. The predicted molar refractivity (Wildman–Crippen MR) is 118 cm³/mol. The average molecular weight is 405 g/mol. The molecule has 3 aromatic heterocycles. The smallest absolute Gasteiger partial charge is 0.313 e. The van der Waals surface area contributed by atoms with Crippen LogP contribution in [-0.4, -0.2) is 24.9 Å². The van der Waals surface area contributed by atoms with Gasteiger partial charge in [-0.05, 0) is 25.0 Å². The fourth-order valence-electron chi connectivity index (χ4n) is 4.55. The van der Waals surface area contributed by atoms with Crippen LogP contribution in [0.2, 0.25) is 0 Å². The van der Waals surface area contributed by atoms with Crippen molar-refractivity contribution in [1.29, 1.82) is 0 Å². The maximum absolute atomic E-state index is 12.5. The molecule has 3 heterocycles. The van der Waals surface area contributed by atoms with Gasteiger partial charge in [0.2, 0.25) is 0 Å². The number of benzene rings is 1. The molecule has 6 nitrogen and oxygen atoms in total. The number of imidazole rings is 1. The molecule has 1 aromatic carbocycles. The number of carbonyl (C=O) groups is 1. The minimum absolute atomic E-state index is 0.201. The molecule has 0 radical (unpaired) electrons. The topological polar surface area (TPSA) is 61.4 Å². The van der Waals surface area contributed by atoms with Crippen LogP contribution in [0.1, 0.15) is 71.2 Å². The first-order chi connectivity index (χ1) is 14.5. The van der Waals surface area contributed by atoms with Crippen LogP contribution >= 0.6 is 0 Å². The Hall–Kier alpha value is -2.89. The van der Waals surface area contributed by atoms with Crippen LogP contribution in [0.15, 0.2) is 30.5 Å². The van der Waals surface area contributed by atoms with Crippen molar-refractivity contribution in [2.24, 2.45) is 5.92 Å². The van der Waals surface area contributed by atoms with E-state index in [1.807, 2.05) is 38.2 Å². The Morgan fingerprint density at radius 2 is 1.80 bits per heavy atom. The SMILES string of the molecule is CC(C)C(=O)Oc1cn(C2CCCC2)c2nc(C(C)C)n3c4ccccc4nc3c12. The van der Waals surface area contributed by atoms with Crippen LogP contribution in [0, 0.1) is 5.92 Å². The highest BCUT2D eigenvalue weighted by Crippen LogP contribution is 2.40. The van der Waals surface area contributed by atoms with Crippen LogP contribution in [0.3, 0.4) is 0 Å². The molecule has 1 fully saturated rings. The summed E-state index contributed by atoms with van der Waals surface area (Å²) in [7, 11) is 0. The quantitative estimate of drug-likeness (QED) is 0.413. The van der Waals surface area contributed by atoms with Crippen molar-refractivity contribution in [1.82, 2.24) is 18.9 Å². The molecule has 6 heteroatoms. The molecule has 1 saturated carbocycles. The van der Waals surface area contributed by atoms with E-state index < -0.39 is 0 Å². The molecule has 1 aliphatic carbocycles. The van der Waals surface area contributed by atoms with Crippen molar-refractivity contribution >= 4 is 33.7 Å². The van der Waals surface area contributed by atoms with E-state index in [-0.39, 0.29) is 17.8 Å². The second-order valence-corrected chi connectivity index (χ2v) is 9.00. The molecule has 0 aliphatic heterocycles. The normalized spacial score (nSPS) is 15.4. The number of rotatable bonds is 4. The Kier molecular flexibility index (Phi) is 4.53. The summed E-state index contributed by atoms with van der Waals surface area (Å²) in [5.74, 6) is 1.34. The molecule has 0 saturated heterocycles. The van der Waals surface area contributed by atoms with E-state index in [4.69, 9.17) is 14.7 Å². The first-order valence-corrected chi connectivity index (χ1v) is 11.0. The van der Waals surface area contributed by atoms with E-state index in [2.05, 4.69) is 28.9 Å². The van der Waals surface area contributed by atoms with Crippen LogP contribution in [0.4, 0.5) is 0 Å². The summed E-state index contributed by atoms with van der Waals surface area (Å²) in [6.45, 7) is 8.02. The van der Waals surface area contributed by atoms with E-state index >= 15 is 0 Å². The van der Waals surface area contributed by atoms with Crippen molar-refractivity contribution in [2.45, 2.75) is 65.3 Å². The van der Waals surface area contributed by atoms with Crippen LogP contribution in [0.5, 0.6) is 5.75 Å². The van der Waals surface area contributed by atoms with Gasteiger partial charge < -0.3 is 9.30 Å². The van der Waals surface area contributed by atoms with Crippen molar-refractivity contribution in [2.75, 3.05) is 0 Å². The largest absolute Gasteiger partial charge is 0.424 e. The summed E-state index contributed by atoms with van der Waals surface area (Å²) in [6, 6.07) is 8.50. The third-order valence-corrected chi connectivity index (χ3v) is 6.12. The lowest BCUT2D eigenvalue weighted by molar-refractivity contribution is -0.137. The Labute approximate surface area is 175 Å². The number of aromatic nitrogens is 4. The zero-order chi connectivity index (χ0) is 21.0. The summed E-state index contributed by atoms with van der Waals surface area (Å²) in [5.41, 5.74) is 3.64. The fourth-order valence-corrected chi connectivity index (χ4v) is 4.55. The lowest BCUT2D eigenvalue weighted by Gasteiger charge is -2.15. The monoisotopic (exact) mass is 404 g/mol. The Balaban J connectivity index is 1.88. The maximum atomic E-state index is 12.5. The third kappa shape index (κ3) is 2.89. The number of ether oxygens (including phenoxy) is 1. The van der Waals surface area contributed by atoms with E-state index in [1.165, 1.54) is 12.8 Å². The summed E-state index contributed by atoms with van der Waals surface area (Å²) < 4.78 is 10.2. The molecule has 0 atom stereocenters. The number of para-hydroxylation sites is 2. The van der Waals surface area contributed by atoms with Crippen molar-refractivity contribution in [3.8, 4) is 5.75 Å².